The van der Waals surface area contributed by atoms with E-state index in [0.717, 1.165) is 0 Å². The highest BCUT2D eigenvalue weighted by Crippen LogP contribution is 2.36. The molecule has 0 aliphatic carbocycles. The second kappa shape index (κ2) is 4.41. The number of aromatic hydroxyl groups is 2. The van der Waals surface area contributed by atoms with E-state index in [0.29, 0.717) is 0 Å². The highest BCUT2D eigenvalue weighted by molar-refractivity contribution is 5.74. The summed E-state index contributed by atoms with van der Waals surface area (Å²) in [7, 11) is 1.35. The van der Waals surface area contributed by atoms with Crippen LogP contribution in [0, 0.1) is 0 Å². The van der Waals surface area contributed by atoms with E-state index in [4.69, 9.17) is 9.84 Å². The van der Waals surface area contributed by atoms with Gasteiger partial charge in [0, 0.05) is 12.1 Å². The van der Waals surface area contributed by atoms with E-state index >= 15 is 0 Å². The standard InChI is InChI=1S/C9H11NO5/c1-15-8-3-6(11)5(2-7(8)12)10-4-9(13)14/h2-3,10-12H,4H2,1H3,(H,13,14). The highest BCUT2D eigenvalue weighted by Gasteiger charge is 2.09. The molecule has 0 bridgehead atoms. The van der Waals surface area contributed by atoms with Gasteiger partial charge < -0.3 is 25.4 Å². The van der Waals surface area contributed by atoms with Gasteiger partial charge >= 0.3 is 5.97 Å². The number of rotatable bonds is 4. The molecule has 1 aromatic rings. The predicted molar refractivity (Wildman–Crippen MR) is 52.4 cm³/mol. The lowest BCUT2D eigenvalue weighted by Gasteiger charge is -2.09. The van der Waals surface area contributed by atoms with Crippen LogP contribution in [0.1, 0.15) is 0 Å². The van der Waals surface area contributed by atoms with Crippen molar-refractivity contribution in [2.75, 3.05) is 19.0 Å². The average Bonchev–Trinajstić information content (AvgIpc) is 2.18. The fourth-order valence-corrected chi connectivity index (χ4v) is 1.03. The van der Waals surface area contributed by atoms with Crippen LogP contribution < -0.4 is 10.1 Å². The van der Waals surface area contributed by atoms with Crippen LogP contribution in [0.4, 0.5) is 5.69 Å². The van der Waals surface area contributed by atoms with E-state index in [9.17, 15) is 15.0 Å². The molecule has 0 saturated carbocycles. The van der Waals surface area contributed by atoms with E-state index in [1.54, 1.807) is 0 Å². The minimum absolute atomic E-state index is 0.119. The molecule has 15 heavy (non-hydrogen) atoms. The molecule has 0 amide bonds. The van der Waals surface area contributed by atoms with Gasteiger partial charge in [0.15, 0.2) is 11.5 Å². The molecular formula is C9H11NO5. The van der Waals surface area contributed by atoms with E-state index in [2.05, 4.69) is 5.32 Å². The van der Waals surface area contributed by atoms with Crippen molar-refractivity contribution in [2.45, 2.75) is 0 Å². The van der Waals surface area contributed by atoms with E-state index in [-0.39, 0.29) is 29.5 Å². The number of phenols is 2. The summed E-state index contributed by atoms with van der Waals surface area (Å²) in [4.78, 5) is 10.3. The lowest BCUT2D eigenvalue weighted by Crippen LogP contribution is -2.12. The Labute approximate surface area is 85.7 Å². The molecule has 1 rings (SSSR count). The Morgan fingerprint density at radius 1 is 1.40 bits per heavy atom. The molecule has 1 aromatic carbocycles. The van der Waals surface area contributed by atoms with Crippen LogP contribution >= 0.6 is 0 Å². The molecule has 6 heteroatoms. The summed E-state index contributed by atoms with van der Waals surface area (Å²) in [6, 6.07) is 2.39. The molecule has 0 heterocycles. The minimum atomic E-state index is -1.07. The van der Waals surface area contributed by atoms with Crippen molar-refractivity contribution in [1.82, 2.24) is 0 Å². The number of nitrogens with one attached hydrogen (secondary N) is 1. The molecule has 0 aromatic heterocycles. The highest BCUT2D eigenvalue weighted by atomic mass is 16.5. The monoisotopic (exact) mass is 213 g/mol. The van der Waals surface area contributed by atoms with Crippen LogP contribution in [0.15, 0.2) is 12.1 Å². The summed E-state index contributed by atoms with van der Waals surface area (Å²) in [6.07, 6.45) is 0. The van der Waals surface area contributed by atoms with Gasteiger partial charge in [-0.15, -0.1) is 0 Å². The topological polar surface area (TPSA) is 99.0 Å². The van der Waals surface area contributed by atoms with Crippen LogP contribution in [0.2, 0.25) is 0 Å². The first-order valence-electron chi connectivity index (χ1n) is 4.10. The number of carbonyl (C=O) groups is 1. The zero-order valence-corrected chi connectivity index (χ0v) is 8.02. The smallest absolute Gasteiger partial charge is 0.322 e. The Morgan fingerprint density at radius 3 is 2.60 bits per heavy atom. The first kappa shape index (κ1) is 11.0. The lowest BCUT2D eigenvalue weighted by atomic mass is 10.2. The Kier molecular flexibility index (Phi) is 3.22. The number of aliphatic carboxylic acids is 1. The molecule has 4 N–H and O–H groups in total. The Bertz CT molecular complexity index is 377. The summed E-state index contributed by atoms with van der Waals surface area (Å²) in [6.45, 7) is -0.348. The number of anilines is 1. The van der Waals surface area contributed by atoms with Gasteiger partial charge in [-0.25, -0.2) is 0 Å². The second-order valence-electron chi connectivity index (χ2n) is 2.79. The van der Waals surface area contributed by atoms with Crippen molar-refractivity contribution in [3.8, 4) is 17.2 Å². The van der Waals surface area contributed by atoms with E-state index < -0.39 is 5.97 Å². The Balaban J connectivity index is 2.90. The maximum absolute atomic E-state index is 10.3. The van der Waals surface area contributed by atoms with Gasteiger partial charge in [0.2, 0.25) is 0 Å². The van der Waals surface area contributed by atoms with E-state index in [1.807, 2.05) is 0 Å². The van der Waals surface area contributed by atoms with Crippen molar-refractivity contribution in [3.05, 3.63) is 12.1 Å². The van der Waals surface area contributed by atoms with Gasteiger partial charge in [-0.05, 0) is 0 Å². The van der Waals surface area contributed by atoms with Crippen molar-refractivity contribution < 1.29 is 24.9 Å². The van der Waals surface area contributed by atoms with Gasteiger partial charge in [-0.2, -0.15) is 0 Å². The zero-order valence-electron chi connectivity index (χ0n) is 8.02. The van der Waals surface area contributed by atoms with Gasteiger partial charge in [0.05, 0.1) is 12.8 Å². The maximum atomic E-state index is 10.3. The van der Waals surface area contributed by atoms with Gasteiger partial charge in [-0.1, -0.05) is 0 Å². The molecule has 0 saturated heterocycles. The first-order valence-corrected chi connectivity index (χ1v) is 4.10. The summed E-state index contributed by atoms with van der Waals surface area (Å²) >= 11 is 0. The number of phenolic OH excluding ortho intramolecular Hbond substituents is 2. The normalized spacial score (nSPS) is 9.67. The average molecular weight is 213 g/mol. The van der Waals surface area contributed by atoms with Crippen molar-refractivity contribution >= 4 is 11.7 Å². The van der Waals surface area contributed by atoms with Crippen LogP contribution in [0.5, 0.6) is 17.2 Å². The summed E-state index contributed by atoms with van der Waals surface area (Å²) in [5, 5.41) is 29.6. The summed E-state index contributed by atoms with van der Waals surface area (Å²) < 4.78 is 4.75. The number of methoxy groups -OCH3 is 1. The number of ether oxygens (including phenoxy) is 1. The van der Waals surface area contributed by atoms with Crippen molar-refractivity contribution in [1.29, 1.82) is 0 Å². The molecule has 6 nitrogen and oxygen atoms in total. The Morgan fingerprint density at radius 2 is 2.07 bits per heavy atom. The Hall–Kier alpha value is -2.11. The third-order valence-electron chi connectivity index (χ3n) is 1.73. The molecule has 0 fully saturated rings. The van der Waals surface area contributed by atoms with Crippen LogP contribution in [-0.2, 0) is 4.79 Å². The fraction of sp³-hybridized carbons (Fsp3) is 0.222. The third-order valence-corrected chi connectivity index (χ3v) is 1.73. The number of carboxylic acid groups (broad SMARTS) is 1. The molecule has 0 unspecified atom stereocenters. The summed E-state index contributed by atoms with van der Waals surface area (Å²) in [5.41, 5.74) is 0.135. The molecule has 0 aliphatic rings. The third kappa shape index (κ3) is 2.67. The van der Waals surface area contributed by atoms with Gasteiger partial charge in [0.1, 0.15) is 12.3 Å². The molecule has 0 radical (unpaired) electrons. The van der Waals surface area contributed by atoms with Crippen LogP contribution in [0.3, 0.4) is 0 Å². The molecule has 82 valence electrons. The van der Waals surface area contributed by atoms with Gasteiger partial charge in [0.25, 0.3) is 0 Å². The molecule has 0 atom stereocenters. The molecule has 0 spiro atoms. The van der Waals surface area contributed by atoms with Crippen molar-refractivity contribution in [2.24, 2.45) is 0 Å². The largest absolute Gasteiger partial charge is 0.506 e. The maximum Gasteiger partial charge on any atom is 0.322 e. The van der Waals surface area contributed by atoms with Crippen LogP contribution in [-0.4, -0.2) is 34.9 Å². The number of hydrogen-bond donors (Lipinski definition) is 4. The first-order chi connectivity index (χ1) is 7.04. The fourth-order valence-electron chi connectivity index (χ4n) is 1.03. The van der Waals surface area contributed by atoms with Crippen LogP contribution in [0.25, 0.3) is 0 Å². The number of hydrogen-bond acceptors (Lipinski definition) is 5. The SMILES string of the molecule is COc1cc(O)c(NCC(=O)O)cc1O. The predicted octanol–water partition coefficient (Wildman–Crippen LogP) is 0.603. The van der Waals surface area contributed by atoms with E-state index in [1.165, 1.54) is 19.2 Å². The molecular weight excluding hydrogens is 202 g/mol. The number of carboxylic acids is 1. The second-order valence-corrected chi connectivity index (χ2v) is 2.79. The van der Waals surface area contributed by atoms with Crippen molar-refractivity contribution in [3.63, 3.8) is 0 Å². The zero-order chi connectivity index (χ0) is 11.4. The quantitative estimate of drug-likeness (QED) is 0.432. The lowest BCUT2D eigenvalue weighted by molar-refractivity contribution is -0.134. The number of benzene rings is 1. The minimum Gasteiger partial charge on any atom is -0.506 e. The molecule has 0 aliphatic heterocycles. The summed E-state index contributed by atoms with van der Waals surface area (Å²) in [5.74, 6) is -1.31. The van der Waals surface area contributed by atoms with Gasteiger partial charge in [-0.3, -0.25) is 4.79 Å².